The van der Waals surface area contributed by atoms with Crippen LogP contribution in [0.1, 0.15) is 28.5 Å². The molecule has 2 aromatic carbocycles. The van der Waals surface area contributed by atoms with Crippen molar-refractivity contribution in [2.45, 2.75) is 26.9 Å². The standard InChI is InChI=1S/C21H22N4O4/c1-12-8-7-11-17(13(12)2)29-14(3)19(26)22-23-20(27)18-15-9-5-6-10-16(15)21(28)25(4)24-18/h5-11,14H,1-4H3,(H,22,26)(H,23,27)/t14-/m0/s1. The largest absolute Gasteiger partial charge is 0.481 e. The number of nitrogens with one attached hydrogen (secondary N) is 2. The predicted molar refractivity (Wildman–Crippen MR) is 109 cm³/mol. The molecule has 0 unspecified atom stereocenters. The minimum absolute atomic E-state index is 0.0334. The second kappa shape index (κ2) is 8.14. The van der Waals surface area contributed by atoms with Gasteiger partial charge in [-0.1, -0.05) is 30.3 Å². The first-order chi connectivity index (χ1) is 13.8. The van der Waals surface area contributed by atoms with Gasteiger partial charge in [0.15, 0.2) is 11.8 Å². The van der Waals surface area contributed by atoms with Crippen LogP contribution in [0.3, 0.4) is 0 Å². The number of carbonyl (C=O) groups excluding carboxylic acids is 2. The van der Waals surface area contributed by atoms with Crippen molar-refractivity contribution in [2.24, 2.45) is 7.05 Å². The monoisotopic (exact) mass is 394 g/mol. The SMILES string of the molecule is Cc1cccc(O[C@@H](C)C(=O)NNC(=O)c2nn(C)c(=O)c3ccccc23)c1C. The Labute approximate surface area is 167 Å². The number of amides is 2. The third kappa shape index (κ3) is 4.11. The molecule has 0 radical (unpaired) electrons. The molecule has 0 aliphatic carbocycles. The molecule has 1 aromatic heterocycles. The highest BCUT2D eigenvalue weighted by atomic mass is 16.5. The number of nitrogens with zero attached hydrogens (tertiary/aromatic N) is 2. The second-order valence-corrected chi connectivity index (χ2v) is 6.72. The number of benzene rings is 2. The summed E-state index contributed by atoms with van der Waals surface area (Å²) in [6.07, 6.45) is -0.833. The molecule has 0 spiro atoms. The minimum atomic E-state index is -0.833. The molecule has 3 rings (SSSR count). The van der Waals surface area contributed by atoms with E-state index in [1.54, 1.807) is 37.3 Å². The van der Waals surface area contributed by atoms with E-state index in [9.17, 15) is 14.4 Å². The molecule has 1 heterocycles. The highest BCUT2D eigenvalue weighted by Crippen LogP contribution is 2.21. The van der Waals surface area contributed by atoms with Crippen LogP contribution in [0.15, 0.2) is 47.3 Å². The Morgan fingerprint density at radius 1 is 1.03 bits per heavy atom. The maximum atomic E-state index is 12.6. The number of rotatable bonds is 4. The van der Waals surface area contributed by atoms with E-state index in [-0.39, 0.29) is 11.3 Å². The Bertz CT molecular complexity index is 1150. The highest BCUT2D eigenvalue weighted by molar-refractivity contribution is 6.05. The highest BCUT2D eigenvalue weighted by Gasteiger charge is 2.19. The van der Waals surface area contributed by atoms with E-state index < -0.39 is 17.9 Å². The summed E-state index contributed by atoms with van der Waals surface area (Å²) in [4.78, 5) is 37.1. The molecule has 29 heavy (non-hydrogen) atoms. The summed E-state index contributed by atoms with van der Waals surface area (Å²) in [6, 6.07) is 12.3. The maximum Gasteiger partial charge on any atom is 0.290 e. The van der Waals surface area contributed by atoms with Gasteiger partial charge in [0.1, 0.15) is 5.75 Å². The van der Waals surface area contributed by atoms with Crippen LogP contribution in [0.25, 0.3) is 10.8 Å². The van der Waals surface area contributed by atoms with Crippen LogP contribution in [-0.2, 0) is 11.8 Å². The average molecular weight is 394 g/mol. The van der Waals surface area contributed by atoms with Crippen molar-refractivity contribution in [3.8, 4) is 5.75 Å². The van der Waals surface area contributed by atoms with Crippen molar-refractivity contribution >= 4 is 22.6 Å². The topological polar surface area (TPSA) is 102 Å². The molecule has 8 heteroatoms. The lowest BCUT2D eigenvalue weighted by Crippen LogP contribution is -2.47. The molecule has 2 N–H and O–H groups in total. The Morgan fingerprint density at radius 3 is 2.45 bits per heavy atom. The Hall–Kier alpha value is -3.68. The van der Waals surface area contributed by atoms with E-state index >= 15 is 0 Å². The van der Waals surface area contributed by atoms with Gasteiger partial charge < -0.3 is 4.74 Å². The van der Waals surface area contributed by atoms with Gasteiger partial charge in [-0.05, 0) is 44.0 Å². The van der Waals surface area contributed by atoms with Gasteiger partial charge in [-0.25, -0.2) is 4.68 Å². The number of aromatic nitrogens is 2. The van der Waals surface area contributed by atoms with Crippen LogP contribution in [0.4, 0.5) is 0 Å². The van der Waals surface area contributed by atoms with Crippen LogP contribution >= 0.6 is 0 Å². The second-order valence-electron chi connectivity index (χ2n) is 6.72. The number of aryl methyl sites for hydroxylation is 2. The normalized spacial score (nSPS) is 11.7. The lowest BCUT2D eigenvalue weighted by Gasteiger charge is -2.17. The molecule has 3 aromatic rings. The van der Waals surface area contributed by atoms with E-state index in [2.05, 4.69) is 16.0 Å². The van der Waals surface area contributed by atoms with Gasteiger partial charge in [0, 0.05) is 12.4 Å². The first-order valence-corrected chi connectivity index (χ1v) is 9.08. The number of carbonyl (C=O) groups is 2. The first kappa shape index (κ1) is 20.1. The van der Waals surface area contributed by atoms with Crippen molar-refractivity contribution in [1.82, 2.24) is 20.6 Å². The van der Waals surface area contributed by atoms with Crippen molar-refractivity contribution in [1.29, 1.82) is 0 Å². The van der Waals surface area contributed by atoms with E-state index in [1.807, 2.05) is 26.0 Å². The van der Waals surface area contributed by atoms with E-state index in [4.69, 9.17) is 4.74 Å². The zero-order chi connectivity index (χ0) is 21.1. The summed E-state index contributed by atoms with van der Waals surface area (Å²) in [5.74, 6) is -0.554. The first-order valence-electron chi connectivity index (χ1n) is 9.08. The summed E-state index contributed by atoms with van der Waals surface area (Å²) in [5.41, 5.74) is 6.40. The fourth-order valence-corrected chi connectivity index (χ4v) is 2.84. The molecule has 2 amide bonds. The van der Waals surface area contributed by atoms with Gasteiger partial charge >= 0.3 is 0 Å². The van der Waals surface area contributed by atoms with Crippen LogP contribution in [-0.4, -0.2) is 27.7 Å². The number of ether oxygens (including phenoxy) is 1. The number of fused-ring (bicyclic) bond motifs is 1. The molecule has 0 aliphatic rings. The van der Waals surface area contributed by atoms with Gasteiger partial charge in [0.2, 0.25) is 0 Å². The molecule has 0 bridgehead atoms. The molecule has 150 valence electrons. The summed E-state index contributed by atoms with van der Waals surface area (Å²) >= 11 is 0. The molecular weight excluding hydrogens is 372 g/mol. The maximum absolute atomic E-state index is 12.6. The molecular formula is C21H22N4O4. The van der Waals surface area contributed by atoms with Crippen molar-refractivity contribution < 1.29 is 14.3 Å². The van der Waals surface area contributed by atoms with Crippen molar-refractivity contribution in [2.75, 3.05) is 0 Å². The molecule has 8 nitrogen and oxygen atoms in total. The lowest BCUT2D eigenvalue weighted by atomic mass is 10.1. The van der Waals surface area contributed by atoms with Crippen molar-refractivity contribution in [3.63, 3.8) is 0 Å². The summed E-state index contributed by atoms with van der Waals surface area (Å²) in [5, 5.41) is 4.80. The third-order valence-electron chi connectivity index (χ3n) is 4.70. The zero-order valence-electron chi connectivity index (χ0n) is 16.6. The smallest absolute Gasteiger partial charge is 0.290 e. The summed E-state index contributed by atoms with van der Waals surface area (Å²) in [6.45, 7) is 5.45. The molecule has 0 fully saturated rings. The number of hydrazine groups is 1. The number of hydrogen-bond acceptors (Lipinski definition) is 5. The van der Waals surface area contributed by atoms with Crippen LogP contribution in [0.2, 0.25) is 0 Å². The lowest BCUT2D eigenvalue weighted by molar-refractivity contribution is -0.128. The molecule has 0 saturated heterocycles. The van der Waals surface area contributed by atoms with Crippen LogP contribution in [0, 0.1) is 13.8 Å². The number of hydrogen-bond donors (Lipinski definition) is 2. The summed E-state index contributed by atoms with van der Waals surface area (Å²) < 4.78 is 6.80. The van der Waals surface area contributed by atoms with Gasteiger partial charge in [-0.2, -0.15) is 5.10 Å². The minimum Gasteiger partial charge on any atom is -0.481 e. The van der Waals surface area contributed by atoms with Gasteiger partial charge in [-0.3, -0.25) is 25.2 Å². The molecule has 1 atom stereocenters. The van der Waals surface area contributed by atoms with Crippen molar-refractivity contribution in [3.05, 3.63) is 69.6 Å². The Morgan fingerprint density at radius 2 is 1.72 bits per heavy atom. The quantitative estimate of drug-likeness (QED) is 0.657. The fraction of sp³-hybridized carbons (Fsp3) is 0.238. The predicted octanol–water partition coefficient (Wildman–Crippen LogP) is 1.78. The third-order valence-corrected chi connectivity index (χ3v) is 4.70. The van der Waals surface area contributed by atoms with E-state index in [0.29, 0.717) is 16.5 Å². The van der Waals surface area contributed by atoms with Crippen LogP contribution < -0.4 is 21.1 Å². The molecule has 0 aliphatic heterocycles. The van der Waals surface area contributed by atoms with Crippen LogP contribution in [0.5, 0.6) is 5.75 Å². The average Bonchev–Trinajstić information content (AvgIpc) is 2.72. The molecule has 0 saturated carbocycles. The van der Waals surface area contributed by atoms with Gasteiger partial charge in [0.05, 0.1) is 5.39 Å². The van der Waals surface area contributed by atoms with E-state index in [1.165, 1.54) is 7.05 Å². The Kier molecular flexibility index (Phi) is 5.63. The van der Waals surface area contributed by atoms with Gasteiger partial charge in [-0.15, -0.1) is 0 Å². The fourth-order valence-electron chi connectivity index (χ4n) is 2.84. The summed E-state index contributed by atoms with van der Waals surface area (Å²) in [7, 11) is 1.46. The van der Waals surface area contributed by atoms with E-state index in [0.717, 1.165) is 15.8 Å². The van der Waals surface area contributed by atoms with Gasteiger partial charge in [0.25, 0.3) is 17.4 Å². The Balaban J connectivity index is 1.71. The zero-order valence-corrected chi connectivity index (χ0v) is 16.6.